The van der Waals surface area contributed by atoms with E-state index in [0.29, 0.717) is 19.0 Å². The Kier molecular flexibility index (Phi) is 3.48. The first kappa shape index (κ1) is 11.7. The van der Waals surface area contributed by atoms with Gasteiger partial charge < -0.3 is 11.1 Å². The second kappa shape index (κ2) is 5.05. The van der Waals surface area contributed by atoms with Crippen LogP contribution in [-0.4, -0.2) is 16.5 Å². The van der Waals surface area contributed by atoms with Gasteiger partial charge in [0.05, 0.1) is 5.01 Å². The van der Waals surface area contributed by atoms with Crippen molar-refractivity contribution in [2.45, 2.75) is 6.42 Å². The average molecular weight is 256 g/mol. The topological polar surface area (TPSA) is 63.8 Å². The molecule has 0 amide bonds. The number of nitrogens with zero attached hydrogens (tertiary/aromatic N) is 2. The molecule has 0 aromatic carbocycles. The van der Waals surface area contributed by atoms with Crippen molar-refractivity contribution in [1.82, 2.24) is 9.97 Å². The molecular weight excluding hydrogens is 246 g/mol. The van der Waals surface area contributed by atoms with Crippen molar-refractivity contribution < 1.29 is 8.78 Å². The number of thiazole rings is 1. The van der Waals surface area contributed by atoms with E-state index in [1.165, 1.54) is 11.3 Å². The maximum absolute atomic E-state index is 13.3. The van der Waals surface area contributed by atoms with E-state index >= 15 is 0 Å². The number of nitrogens with one attached hydrogen (secondary N) is 1. The van der Waals surface area contributed by atoms with E-state index in [1.54, 1.807) is 6.20 Å². The molecule has 0 radical (unpaired) electrons. The number of aromatic nitrogens is 2. The molecule has 0 aliphatic rings. The van der Waals surface area contributed by atoms with Gasteiger partial charge in [0.1, 0.15) is 0 Å². The van der Waals surface area contributed by atoms with Crippen LogP contribution in [0.1, 0.15) is 5.01 Å². The molecule has 0 spiro atoms. The second-order valence-electron chi connectivity index (χ2n) is 3.29. The van der Waals surface area contributed by atoms with Crippen molar-refractivity contribution in [3.63, 3.8) is 0 Å². The Hall–Kier alpha value is -1.76. The molecule has 2 rings (SSSR count). The number of anilines is 2. The summed E-state index contributed by atoms with van der Waals surface area (Å²) < 4.78 is 26.1. The standard InChI is InChI=1S/C10H10F2N4S/c11-6-5-7(12)10(16-9(6)13)15-2-1-8-14-3-4-17-8/h3-5H,1-2H2,(H3,13,15,16). The smallest absolute Gasteiger partial charge is 0.168 e. The predicted octanol–water partition coefficient (Wildman–Crippen LogP) is 2.05. The maximum Gasteiger partial charge on any atom is 0.168 e. The monoisotopic (exact) mass is 256 g/mol. The van der Waals surface area contributed by atoms with E-state index in [-0.39, 0.29) is 11.6 Å². The van der Waals surface area contributed by atoms with Crippen LogP contribution in [0.15, 0.2) is 17.6 Å². The zero-order valence-corrected chi connectivity index (χ0v) is 9.60. The molecule has 0 unspecified atom stereocenters. The fourth-order valence-electron chi connectivity index (χ4n) is 1.27. The number of pyridine rings is 1. The number of nitrogen functional groups attached to an aromatic ring is 1. The van der Waals surface area contributed by atoms with Gasteiger partial charge in [0.15, 0.2) is 23.3 Å². The minimum Gasteiger partial charge on any atom is -0.381 e. The quantitative estimate of drug-likeness (QED) is 0.878. The minimum atomic E-state index is -0.854. The summed E-state index contributed by atoms with van der Waals surface area (Å²) in [6.07, 6.45) is 2.35. The Bertz CT molecular complexity index is 501. The lowest BCUT2D eigenvalue weighted by molar-refractivity contribution is 0.579. The lowest BCUT2D eigenvalue weighted by atomic mass is 10.4. The van der Waals surface area contributed by atoms with Crippen LogP contribution in [0, 0.1) is 11.6 Å². The van der Waals surface area contributed by atoms with E-state index in [4.69, 9.17) is 5.73 Å². The van der Waals surface area contributed by atoms with Gasteiger partial charge in [-0.2, -0.15) is 0 Å². The summed E-state index contributed by atoms with van der Waals surface area (Å²) in [5.41, 5.74) is 5.25. The first-order valence-electron chi connectivity index (χ1n) is 4.90. The fraction of sp³-hybridized carbons (Fsp3) is 0.200. The third kappa shape index (κ3) is 2.88. The highest BCUT2D eigenvalue weighted by Crippen LogP contribution is 2.16. The molecule has 2 aromatic rings. The van der Waals surface area contributed by atoms with Gasteiger partial charge >= 0.3 is 0 Å². The van der Waals surface area contributed by atoms with Gasteiger partial charge in [-0.05, 0) is 0 Å². The van der Waals surface area contributed by atoms with Gasteiger partial charge in [0.2, 0.25) is 0 Å². The Labute approximate surface area is 101 Å². The van der Waals surface area contributed by atoms with Crippen molar-refractivity contribution in [1.29, 1.82) is 0 Å². The van der Waals surface area contributed by atoms with Crippen LogP contribution < -0.4 is 11.1 Å². The van der Waals surface area contributed by atoms with E-state index in [2.05, 4.69) is 15.3 Å². The molecule has 7 heteroatoms. The minimum absolute atomic E-state index is 0.0412. The molecule has 2 heterocycles. The molecule has 3 N–H and O–H groups in total. The highest BCUT2D eigenvalue weighted by atomic mass is 32.1. The molecular formula is C10H10F2N4S. The Balaban J connectivity index is 1.97. The van der Waals surface area contributed by atoms with Gasteiger partial charge in [-0.3, -0.25) is 0 Å². The van der Waals surface area contributed by atoms with Gasteiger partial charge in [-0.15, -0.1) is 11.3 Å². The highest BCUT2D eigenvalue weighted by Gasteiger charge is 2.09. The average Bonchev–Trinajstić information content (AvgIpc) is 2.78. The fourth-order valence-corrected chi connectivity index (χ4v) is 1.89. The highest BCUT2D eigenvalue weighted by molar-refractivity contribution is 7.09. The van der Waals surface area contributed by atoms with Crippen LogP contribution in [-0.2, 0) is 6.42 Å². The SMILES string of the molecule is Nc1nc(NCCc2nccs2)c(F)cc1F. The number of hydrogen-bond donors (Lipinski definition) is 2. The predicted molar refractivity (Wildman–Crippen MR) is 62.9 cm³/mol. The number of nitrogens with two attached hydrogens (primary N) is 1. The number of rotatable bonds is 4. The zero-order valence-electron chi connectivity index (χ0n) is 8.78. The van der Waals surface area contributed by atoms with Crippen LogP contribution in [0.2, 0.25) is 0 Å². The summed E-state index contributed by atoms with van der Waals surface area (Å²) >= 11 is 1.52. The van der Waals surface area contributed by atoms with Crippen LogP contribution in [0.3, 0.4) is 0 Å². The van der Waals surface area contributed by atoms with Crippen LogP contribution in [0.4, 0.5) is 20.4 Å². The summed E-state index contributed by atoms with van der Waals surface area (Å²) in [7, 11) is 0. The van der Waals surface area contributed by atoms with E-state index in [1.807, 2.05) is 5.38 Å². The molecule has 0 bridgehead atoms. The summed E-state index contributed by atoms with van der Waals surface area (Å²) in [4.78, 5) is 7.67. The number of halogens is 2. The molecule has 0 atom stereocenters. The van der Waals surface area contributed by atoms with Gasteiger partial charge in [0, 0.05) is 30.6 Å². The first-order chi connectivity index (χ1) is 8.16. The molecule has 0 fully saturated rings. The molecule has 17 heavy (non-hydrogen) atoms. The van der Waals surface area contributed by atoms with E-state index in [0.717, 1.165) is 5.01 Å². The molecule has 0 aliphatic carbocycles. The molecule has 0 aliphatic heterocycles. The van der Waals surface area contributed by atoms with Crippen molar-refractivity contribution in [3.8, 4) is 0 Å². The summed E-state index contributed by atoms with van der Waals surface area (Å²) in [5.74, 6) is -1.97. The molecule has 2 aromatic heterocycles. The Morgan fingerprint density at radius 2 is 2.18 bits per heavy atom. The third-order valence-corrected chi connectivity index (χ3v) is 2.91. The Morgan fingerprint density at radius 1 is 1.35 bits per heavy atom. The molecule has 0 saturated carbocycles. The molecule has 0 saturated heterocycles. The lowest BCUT2D eigenvalue weighted by Crippen LogP contribution is -2.10. The van der Waals surface area contributed by atoms with Crippen molar-refractivity contribution in [3.05, 3.63) is 34.3 Å². The van der Waals surface area contributed by atoms with E-state index < -0.39 is 11.6 Å². The van der Waals surface area contributed by atoms with Crippen molar-refractivity contribution in [2.75, 3.05) is 17.6 Å². The first-order valence-corrected chi connectivity index (χ1v) is 5.78. The van der Waals surface area contributed by atoms with Crippen LogP contribution in [0.5, 0.6) is 0 Å². The van der Waals surface area contributed by atoms with Gasteiger partial charge in [-0.1, -0.05) is 0 Å². The molecule has 4 nitrogen and oxygen atoms in total. The van der Waals surface area contributed by atoms with E-state index in [9.17, 15) is 8.78 Å². The summed E-state index contributed by atoms with van der Waals surface area (Å²) in [6.45, 7) is 0.461. The Morgan fingerprint density at radius 3 is 2.88 bits per heavy atom. The lowest BCUT2D eigenvalue weighted by Gasteiger charge is -2.06. The van der Waals surface area contributed by atoms with Crippen LogP contribution in [0.25, 0.3) is 0 Å². The van der Waals surface area contributed by atoms with Gasteiger partial charge in [-0.25, -0.2) is 18.7 Å². The largest absolute Gasteiger partial charge is 0.381 e. The van der Waals surface area contributed by atoms with Gasteiger partial charge in [0.25, 0.3) is 0 Å². The summed E-state index contributed by atoms with van der Waals surface area (Å²) in [6, 6.07) is 0.716. The maximum atomic E-state index is 13.3. The van der Waals surface area contributed by atoms with Crippen molar-refractivity contribution >= 4 is 23.0 Å². The third-order valence-electron chi connectivity index (χ3n) is 2.07. The second-order valence-corrected chi connectivity index (χ2v) is 4.27. The van der Waals surface area contributed by atoms with Crippen molar-refractivity contribution in [2.24, 2.45) is 0 Å². The van der Waals surface area contributed by atoms with Crippen LogP contribution >= 0.6 is 11.3 Å². The molecule has 90 valence electrons. The number of hydrogen-bond acceptors (Lipinski definition) is 5. The zero-order chi connectivity index (χ0) is 12.3. The normalized spacial score (nSPS) is 10.5. The summed E-state index contributed by atoms with van der Waals surface area (Å²) in [5, 5.41) is 5.56.